The molecule has 2 rings (SSSR count). The lowest BCUT2D eigenvalue weighted by Gasteiger charge is -2.45. The molecule has 0 radical (unpaired) electrons. The van der Waals surface area contributed by atoms with Crippen LogP contribution in [0.2, 0.25) is 0 Å². The predicted molar refractivity (Wildman–Crippen MR) is 60.6 cm³/mol. The predicted octanol–water partition coefficient (Wildman–Crippen LogP) is 1.91. The number of nitrogens with one attached hydrogen (secondary N) is 1. The second-order valence-corrected chi connectivity index (χ2v) is 6.37. The maximum absolute atomic E-state index is 11.6. The maximum Gasteiger partial charge on any atom is 0.408 e. The highest BCUT2D eigenvalue weighted by atomic mass is 16.6. The number of amides is 1. The second-order valence-electron chi connectivity index (χ2n) is 6.37. The molecule has 0 atom stereocenters. The molecule has 0 saturated heterocycles. The van der Waals surface area contributed by atoms with Gasteiger partial charge in [0.1, 0.15) is 11.1 Å². The molecule has 96 valence electrons. The van der Waals surface area contributed by atoms with E-state index in [1.807, 2.05) is 0 Å². The number of carboxylic acids is 1. The van der Waals surface area contributed by atoms with Gasteiger partial charge in [0, 0.05) is 0 Å². The average Bonchev–Trinajstić information content (AvgIpc) is 2.78. The van der Waals surface area contributed by atoms with Gasteiger partial charge in [0.15, 0.2) is 0 Å². The van der Waals surface area contributed by atoms with Crippen LogP contribution in [0.25, 0.3) is 0 Å². The minimum atomic E-state index is -1.10. The molecule has 5 nitrogen and oxygen atoms in total. The summed E-state index contributed by atoms with van der Waals surface area (Å²) in [5.41, 5.74) is -1.50. The number of hydrogen-bond acceptors (Lipinski definition) is 3. The number of ether oxygens (including phenoxy) is 1. The van der Waals surface area contributed by atoms with E-state index in [2.05, 4.69) is 5.32 Å². The van der Waals surface area contributed by atoms with Crippen molar-refractivity contribution in [3.63, 3.8) is 0 Å². The molecule has 0 aromatic heterocycles. The molecule has 2 fully saturated rings. The van der Waals surface area contributed by atoms with Crippen LogP contribution >= 0.6 is 0 Å². The number of aliphatic carboxylic acids is 1. The summed E-state index contributed by atoms with van der Waals surface area (Å²) >= 11 is 0. The summed E-state index contributed by atoms with van der Waals surface area (Å²) in [5, 5.41) is 11.7. The summed E-state index contributed by atoms with van der Waals surface area (Å²) in [5.74, 6) is -0.958. The van der Waals surface area contributed by atoms with E-state index in [0.717, 1.165) is 12.8 Å². The van der Waals surface area contributed by atoms with Crippen LogP contribution in [0.15, 0.2) is 0 Å². The highest BCUT2D eigenvalue weighted by Crippen LogP contribution is 2.64. The van der Waals surface area contributed by atoms with Gasteiger partial charge >= 0.3 is 12.1 Å². The molecule has 1 amide bonds. The molecular formula is C12H19NO4. The quantitative estimate of drug-likeness (QED) is 0.774. The highest BCUT2D eigenvalue weighted by molar-refractivity contribution is 5.86. The van der Waals surface area contributed by atoms with Gasteiger partial charge in [-0.1, -0.05) is 0 Å². The fourth-order valence-corrected chi connectivity index (χ4v) is 2.55. The van der Waals surface area contributed by atoms with Gasteiger partial charge in [-0.15, -0.1) is 0 Å². The van der Waals surface area contributed by atoms with E-state index >= 15 is 0 Å². The zero-order chi connectivity index (χ0) is 12.9. The van der Waals surface area contributed by atoms with Crippen LogP contribution in [-0.2, 0) is 9.53 Å². The van der Waals surface area contributed by atoms with Crippen molar-refractivity contribution in [1.29, 1.82) is 0 Å². The lowest BCUT2D eigenvalue weighted by atomic mass is 9.65. The van der Waals surface area contributed by atoms with Gasteiger partial charge in [0.2, 0.25) is 0 Å². The third-order valence-corrected chi connectivity index (χ3v) is 3.46. The Balaban J connectivity index is 1.95. The van der Waals surface area contributed by atoms with E-state index in [4.69, 9.17) is 4.74 Å². The molecule has 17 heavy (non-hydrogen) atoms. The zero-order valence-electron chi connectivity index (χ0n) is 10.5. The third-order valence-electron chi connectivity index (χ3n) is 3.46. The minimum absolute atomic E-state index is 0.202. The summed E-state index contributed by atoms with van der Waals surface area (Å²) in [6.07, 6.45) is 2.59. The Kier molecular flexibility index (Phi) is 2.42. The fraction of sp³-hybridized carbons (Fsp3) is 0.833. The van der Waals surface area contributed by atoms with Crippen molar-refractivity contribution < 1.29 is 19.4 Å². The average molecular weight is 241 g/mol. The largest absolute Gasteiger partial charge is 0.480 e. The van der Waals surface area contributed by atoms with Crippen LogP contribution in [0.3, 0.4) is 0 Å². The molecule has 2 N–H and O–H groups in total. The van der Waals surface area contributed by atoms with Crippen molar-refractivity contribution in [2.45, 2.75) is 57.6 Å². The molecule has 0 bridgehead atoms. The Bertz CT molecular complexity index is 357. The van der Waals surface area contributed by atoms with E-state index in [1.165, 1.54) is 0 Å². The topological polar surface area (TPSA) is 75.6 Å². The molecule has 2 saturated carbocycles. The third kappa shape index (κ3) is 2.37. The van der Waals surface area contributed by atoms with Crippen LogP contribution in [0, 0.1) is 5.41 Å². The number of rotatable bonds is 2. The number of carbonyl (C=O) groups excluding carboxylic acids is 1. The van der Waals surface area contributed by atoms with E-state index in [-0.39, 0.29) is 5.41 Å². The number of hydrogen-bond donors (Lipinski definition) is 2. The number of carbonyl (C=O) groups is 2. The lowest BCUT2D eigenvalue weighted by molar-refractivity contribution is -0.152. The number of carboxylic acid groups (broad SMARTS) is 1. The second kappa shape index (κ2) is 3.37. The van der Waals surface area contributed by atoms with E-state index in [0.29, 0.717) is 12.8 Å². The van der Waals surface area contributed by atoms with E-state index in [1.54, 1.807) is 20.8 Å². The first-order valence-electron chi connectivity index (χ1n) is 5.91. The molecule has 2 aliphatic carbocycles. The van der Waals surface area contributed by atoms with Crippen LogP contribution in [0.4, 0.5) is 4.79 Å². The van der Waals surface area contributed by atoms with Crippen LogP contribution < -0.4 is 5.32 Å². The molecule has 2 aliphatic rings. The molecule has 0 aromatic carbocycles. The SMILES string of the molecule is CC(C)(C)OC(=O)NC1(C(=O)O)CC2(CC2)C1. The summed E-state index contributed by atoms with van der Waals surface area (Å²) in [7, 11) is 0. The fourth-order valence-electron chi connectivity index (χ4n) is 2.55. The number of alkyl carbamates (subject to hydrolysis) is 1. The zero-order valence-corrected chi connectivity index (χ0v) is 10.5. The van der Waals surface area contributed by atoms with Gasteiger partial charge in [-0.2, -0.15) is 0 Å². The van der Waals surface area contributed by atoms with Crippen molar-refractivity contribution >= 4 is 12.1 Å². The van der Waals surface area contributed by atoms with Crippen LogP contribution in [0.5, 0.6) is 0 Å². The Morgan fingerprint density at radius 1 is 1.24 bits per heavy atom. The molecule has 0 aliphatic heterocycles. The normalized spacial score (nSPS) is 23.7. The van der Waals surface area contributed by atoms with Crippen molar-refractivity contribution in [3.8, 4) is 0 Å². The summed E-state index contributed by atoms with van der Waals surface area (Å²) in [4.78, 5) is 22.9. The monoisotopic (exact) mass is 241 g/mol. The Morgan fingerprint density at radius 2 is 1.76 bits per heavy atom. The summed E-state index contributed by atoms with van der Waals surface area (Å²) < 4.78 is 5.09. The molecular weight excluding hydrogens is 222 g/mol. The molecule has 0 aromatic rings. The summed E-state index contributed by atoms with van der Waals surface area (Å²) in [6, 6.07) is 0. The van der Waals surface area contributed by atoms with Crippen molar-refractivity contribution in [2.75, 3.05) is 0 Å². The Labute approximate surface area is 101 Å². The van der Waals surface area contributed by atoms with E-state index < -0.39 is 23.2 Å². The molecule has 5 heteroatoms. The van der Waals surface area contributed by atoms with Crippen molar-refractivity contribution in [3.05, 3.63) is 0 Å². The minimum Gasteiger partial charge on any atom is -0.480 e. The Morgan fingerprint density at radius 3 is 2.12 bits per heavy atom. The first-order valence-corrected chi connectivity index (χ1v) is 5.91. The maximum atomic E-state index is 11.6. The smallest absolute Gasteiger partial charge is 0.408 e. The van der Waals surface area contributed by atoms with Gasteiger partial charge in [-0.05, 0) is 51.9 Å². The highest BCUT2D eigenvalue weighted by Gasteiger charge is 2.65. The Hall–Kier alpha value is -1.26. The van der Waals surface area contributed by atoms with Crippen LogP contribution in [0.1, 0.15) is 46.5 Å². The van der Waals surface area contributed by atoms with Crippen LogP contribution in [-0.4, -0.2) is 28.3 Å². The summed E-state index contributed by atoms with van der Waals surface area (Å²) in [6.45, 7) is 5.26. The molecule has 0 heterocycles. The van der Waals surface area contributed by atoms with Gasteiger partial charge in [-0.3, -0.25) is 0 Å². The van der Waals surface area contributed by atoms with Crippen molar-refractivity contribution in [1.82, 2.24) is 5.32 Å². The van der Waals surface area contributed by atoms with Gasteiger partial charge in [0.25, 0.3) is 0 Å². The molecule has 0 unspecified atom stereocenters. The molecule has 1 spiro atoms. The lowest BCUT2D eigenvalue weighted by Crippen LogP contribution is -2.63. The van der Waals surface area contributed by atoms with Gasteiger partial charge in [0.05, 0.1) is 0 Å². The van der Waals surface area contributed by atoms with Gasteiger partial charge < -0.3 is 15.2 Å². The van der Waals surface area contributed by atoms with E-state index in [9.17, 15) is 14.7 Å². The first kappa shape index (κ1) is 12.2. The standard InChI is InChI=1S/C12H19NO4/c1-10(2,3)17-9(16)13-12(8(14)15)6-11(7-12)4-5-11/h4-7H2,1-3H3,(H,13,16)(H,14,15). The van der Waals surface area contributed by atoms with Gasteiger partial charge in [-0.25, -0.2) is 9.59 Å². The first-order chi connectivity index (χ1) is 7.67. The van der Waals surface area contributed by atoms with Crippen molar-refractivity contribution in [2.24, 2.45) is 5.41 Å².